The predicted molar refractivity (Wildman–Crippen MR) is 45.5 cm³/mol. The fraction of sp³-hybridized carbons (Fsp3) is 0.750. The summed E-state index contributed by atoms with van der Waals surface area (Å²) >= 11 is 0. The molecule has 0 saturated carbocycles. The van der Waals surface area contributed by atoms with E-state index in [1.54, 1.807) is 14.0 Å². The Balaban J connectivity index is 3.26. The highest BCUT2D eigenvalue weighted by Gasteiger charge is 2.02. The molecule has 4 heteroatoms. The molecule has 0 aromatic carbocycles. The summed E-state index contributed by atoms with van der Waals surface area (Å²) in [6.07, 6.45) is 0.798. The number of ether oxygens (including phenoxy) is 2. The van der Waals surface area contributed by atoms with Crippen molar-refractivity contribution in [1.82, 2.24) is 0 Å². The van der Waals surface area contributed by atoms with Crippen molar-refractivity contribution in [2.45, 2.75) is 19.8 Å². The first-order valence-corrected chi connectivity index (χ1v) is 3.85. The summed E-state index contributed by atoms with van der Waals surface area (Å²) in [6, 6.07) is 0. The Morgan fingerprint density at radius 1 is 1.42 bits per heavy atom. The first-order valence-electron chi connectivity index (χ1n) is 3.85. The van der Waals surface area contributed by atoms with Gasteiger partial charge in [-0.1, -0.05) is 0 Å². The molecule has 0 aliphatic heterocycles. The molecule has 0 aliphatic rings. The standard InChI is InChI=1S/C8H15NO3/c1-7(9)6-8(10)12-5-3-4-11-2/h9H,3-6H2,1-2H3. The van der Waals surface area contributed by atoms with Crippen LogP contribution >= 0.6 is 0 Å². The van der Waals surface area contributed by atoms with E-state index in [9.17, 15) is 4.79 Å². The third kappa shape index (κ3) is 7.21. The van der Waals surface area contributed by atoms with Gasteiger partial charge in [-0.25, -0.2) is 0 Å². The molecule has 1 N–H and O–H groups in total. The molecular formula is C8H15NO3. The lowest BCUT2D eigenvalue weighted by Gasteiger charge is -2.02. The van der Waals surface area contributed by atoms with Crippen LogP contribution in [0.15, 0.2) is 0 Å². The van der Waals surface area contributed by atoms with Gasteiger partial charge in [-0.05, 0) is 6.92 Å². The van der Waals surface area contributed by atoms with Crippen molar-refractivity contribution in [2.75, 3.05) is 20.3 Å². The van der Waals surface area contributed by atoms with Gasteiger partial charge in [0, 0.05) is 25.8 Å². The predicted octanol–water partition coefficient (Wildman–Crippen LogP) is 0.996. The molecule has 0 heterocycles. The van der Waals surface area contributed by atoms with E-state index in [4.69, 9.17) is 14.9 Å². The lowest BCUT2D eigenvalue weighted by Crippen LogP contribution is -2.10. The number of methoxy groups -OCH3 is 1. The van der Waals surface area contributed by atoms with Crippen molar-refractivity contribution in [3.8, 4) is 0 Å². The fourth-order valence-corrected chi connectivity index (χ4v) is 0.657. The van der Waals surface area contributed by atoms with Crippen LogP contribution < -0.4 is 0 Å². The summed E-state index contributed by atoms with van der Waals surface area (Å²) in [7, 11) is 1.60. The molecule has 4 nitrogen and oxygen atoms in total. The second-order valence-corrected chi connectivity index (χ2v) is 2.52. The molecular weight excluding hydrogens is 158 g/mol. The Hall–Kier alpha value is -0.900. The number of carbonyl (C=O) groups excluding carboxylic acids is 1. The van der Waals surface area contributed by atoms with Crippen LogP contribution in [0, 0.1) is 5.41 Å². The number of carbonyl (C=O) groups is 1. The van der Waals surface area contributed by atoms with E-state index in [1.165, 1.54) is 0 Å². The molecule has 70 valence electrons. The quantitative estimate of drug-likeness (QED) is 0.370. The molecule has 0 amide bonds. The maximum Gasteiger partial charge on any atom is 0.311 e. The number of hydrogen-bond acceptors (Lipinski definition) is 4. The van der Waals surface area contributed by atoms with Crippen molar-refractivity contribution in [3.63, 3.8) is 0 Å². The maximum absolute atomic E-state index is 10.8. The highest BCUT2D eigenvalue weighted by Crippen LogP contribution is 1.90. The van der Waals surface area contributed by atoms with Gasteiger partial charge in [0.1, 0.15) is 0 Å². The van der Waals surface area contributed by atoms with Crippen LogP contribution in [0.25, 0.3) is 0 Å². The van der Waals surface area contributed by atoms with Gasteiger partial charge in [0.25, 0.3) is 0 Å². The molecule has 0 atom stereocenters. The molecule has 0 fully saturated rings. The largest absolute Gasteiger partial charge is 0.465 e. The molecule has 12 heavy (non-hydrogen) atoms. The van der Waals surface area contributed by atoms with Crippen molar-refractivity contribution in [2.24, 2.45) is 0 Å². The summed E-state index contributed by atoms with van der Waals surface area (Å²) in [5.74, 6) is -0.335. The van der Waals surface area contributed by atoms with Gasteiger partial charge in [-0.2, -0.15) is 0 Å². The van der Waals surface area contributed by atoms with Gasteiger partial charge < -0.3 is 14.9 Å². The van der Waals surface area contributed by atoms with Gasteiger partial charge in [0.15, 0.2) is 0 Å². The van der Waals surface area contributed by atoms with E-state index < -0.39 is 0 Å². The van der Waals surface area contributed by atoms with E-state index >= 15 is 0 Å². The van der Waals surface area contributed by atoms with Gasteiger partial charge in [-0.3, -0.25) is 4.79 Å². The first-order chi connectivity index (χ1) is 5.66. The smallest absolute Gasteiger partial charge is 0.311 e. The Labute approximate surface area is 72.4 Å². The zero-order valence-electron chi connectivity index (χ0n) is 7.55. The molecule has 0 rings (SSSR count). The van der Waals surface area contributed by atoms with Crippen molar-refractivity contribution in [1.29, 1.82) is 5.41 Å². The van der Waals surface area contributed by atoms with E-state index in [0.29, 0.717) is 25.3 Å². The van der Waals surface area contributed by atoms with Crippen molar-refractivity contribution < 1.29 is 14.3 Å². The summed E-state index contributed by atoms with van der Waals surface area (Å²) in [4.78, 5) is 10.8. The zero-order chi connectivity index (χ0) is 9.40. The SMILES string of the molecule is COCCCOC(=O)CC(C)=N. The normalized spacial score (nSPS) is 9.50. The van der Waals surface area contributed by atoms with E-state index in [0.717, 1.165) is 0 Å². The number of hydrogen-bond donors (Lipinski definition) is 1. The van der Waals surface area contributed by atoms with E-state index in [-0.39, 0.29) is 12.4 Å². The second kappa shape index (κ2) is 6.79. The second-order valence-electron chi connectivity index (χ2n) is 2.52. The minimum atomic E-state index is -0.335. The van der Waals surface area contributed by atoms with Crippen LogP contribution in [0.2, 0.25) is 0 Å². The Morgan fingerprint density at radius 3 is 2.58 bits per heavy atom. The van der Waals surface area contributed by atoms with E-state index in [2.05, 4.69) is 0 Å². The Bertz CT molecular complexity index is 156. The summed E-state index contributed by atoms with van der Waals surface area (Å²) in [6.45, 7) is 2.55. The third-order valence-electron chi connectivity index (χ3n) is 1.17. The van der Waals surface area contributed by atoms with Gasteiger partial charge in [0.05, 0.1) is 13.0 Å². The number of esters is 1. The minimum absolute atomic E-state index is 0.0903. The molecule has 0 aromatic heterocycles. The lowest BCUT2D eigenvalue weighted by molar-refractivity contribution is -0.142. The highest BCUT2D eigenvalue weighted by molar-refractivity contribution is 5.95. The monoisotopic (exact) mass is 173 g/mol. The molecule has 0 unspecified atom stereocenters. The molecule has 0 spiro atoms. The first kappa shape index (κ1) is 11.1. The van der Waals surface area contributed by atoms with Gasteiger partial charge in [0.2, 0.25) is 0 Å². The Kier molecular flexibility index (Phi) is 6.28. The molecule has 0 saturated heterocycles. The van der Waals surface area contributed by atoms with Gasteiger partial charge in [-0.15, -0.1) is 0 Å². The topological polar surface area (TPSA) is 59.4 Å². The van der Waals surface area contributed by atoms with Crippen LogP contribution in [0.3, 0.4) is 0 Å². The minimum Gasteiger partial charge on any atom is -0.465 e. The lowest BCUT2D eigenvalue weighted by atomic mass is 10.3. The van der Waals surface area contributed by atoms with Crippen molar-refractivity contribution >= 4 is 11.7 Å². The molecule has 0 radical (unpaired) electrons. The molecule has 0 aliphatic carbocycles. The number of nitrogens with one attached hydrogen (secondary N) is 1. The summed E-state index contributed by atoms with van der Waals surface area (Å²) < 4.78 is 9.57. The zero-order valence-corrected chi connectivity index (χ0v) is 7.55. The summed E-state index contributed by atoms with van der Waals surface area (Å²) in [5.41, 5.74) is 0.326. The van der Waals surface area contributed by atoms with Crippen LogP contribution in [-0.2, 0) is 14.3 Å². The average molecular weight is 173 g/mol. The van der Waals surface area contributed by atoms with Gasteiger partial charge >= 0.3 is 5.97 Å². The van der Waals surface area contributed by atoms with Crippen molar-refractivity contribution in [3.05, 3.63) is 0 Å². The maximum atomic E-state index is 10.8. The van der Waals surface area contributed by atoms with Crippen LogP contribution in [0.1, 0.15) is 19.8 Å². The molecule has 0 bridgehead atoms. The average Bonchev–Trinajstić information content (AvgIpc) is 1.97. The van der Waals surface area contributed by atoms with Crippen LogP contribution in [0.4, 0.5) is 0 Å². The third-order valence-corrected chi connectivity index (χ3v) is 1.17. The molecule has 0 aromatic rings. The van der Waals surface area contributed by atoms with Crippen LogP contribution in [0.5, 0.6) is 0 Å². The van der Waals surface area contributed by atoms with E-state index in [1.807, 2.05) is 0 Å². The van der Waals surface area contributed by atoms with Crippen LogP contribution in [-0.4, -0.2) is 32.0 Å². The Morgan fingerprint density at radius 2 is 2.08 bits per heavy atom. The summed E-state index contributed by atoms with van der Waals surface area (Å²) in [5, 5.41) is 7.02. The number of rotatable bonds is 6. The highest BCUT2D eigenvalue weighted by atomic mass is 16.5. The fourth-order valence-electron chi connectivity index (χ4n) is 0.657.